The highest BCUT2D eigenvalue weighted by Crippen LogP contribution is 2.43. The summed E-state index contributed by atoms with van der Waals surface area (Å²) in [6.45, 7) is 9.34. The maximum Gasteiger partial charge on any atom is 0.250 e. The topological polar surface area (TPSA) is 189 Å². The molecule has 4 aliphatic heterocycles. The van der Waals surface area contributed by atoms with E-state index < -0.39 is 64.9 Å². The molecule has 0 N–H and O–H groups in total. The van der Waals surface area contributed by atoms with Gasteiger partial charge in [0, 0.05) is 112 Å². The quantitative estimate of drug-likeness (QED) is 0.0521. The number of carbonyl (C=O) groups excluding carboxylic acids is 4. The number of halogens is 10. The summed E-state index contributed by atoms with van der Waals surface area (Å²) >= 11 is 7.34. The number of ether oxygens (including phenoxy) is 4. The Morgan fingerprint density at radius 2 is 0.719 bits per heavy atom. The monoisotopic (exact) mass is 1950 g/mol. The van der Waals surface area contributed by atoms with Crippen molar-refractivity contribution in [2.45, 2.75) is 78.3 Å². The largest absolute Gasteiger partial charge is 0.344 e. The Morgan fingerprint density at radius 1 is 0.348 bits per heavy atom. The predicted molar refractivity (Wildman–Crippen MR) is 498 cm³/mol. The van der Waals surface area contributed by atoms with E-state index in [0.717, 1.165) is 90.1 Å². The summed E-state index contributed by atoms with van der Waals surface area (Å²) in [6.07, 6.45) is 6.39. The van der Waals surface area contributed by atoms with Crippen LogP contribution in [0.5, 0.6) is 0 Å². The van der Waals surface area contributed by atoms with Gasteiger partial charge in [0.1, 0.15) is 95.7 Å². The zero-order valence-corrected chi connectivity index (χ0v) is 76.9. The molecule has 20 rings (SSSR count). The average molecular weight is 1950 g/mol. The number of nitrogens with zero attached hydrogens (tertiary/aromatic N) is 12. The first kappa shape index (κ1) is 93.3. The first-order valence-corrected chi connectivity index (χ1v) is 46.3. The summed E-state index contributed by atoms with van der Waals surface area (Å²) in [5.74, 6) is -5.45. The molecule has 7 aromatic heterocycles. The van der Waals surface area contributed by atoms with Crippen molar-refractivity contribution in [3.05, 3.63) is 388 Å². The molecular weight excluding hydrogens is 1870 g/mol. The van der Waals surface area contributed by atoms with Crippen LogP contribution in [0, 0.1) is 79.4 Å². The molecule has 4 fully saturated rings. The van der Waals surface area contributed by atoms with Gasteiger partial charge >= 0.3 is 0 Å². The Balaban J connectivity index is 0.000000125. The number of hydrogen-bond donors (Lipinski definition) is 0. The van der Waals surface area contributed by atoms with Crippen molar-refractivity contribution in [2.75, 3.05) is 52.6 Å². The molecule has 0 spiro atoms. The minimum Gasteiger partial charge on any atom is -0.344 e. The maximum atomic E-state index is 14.4. The predicted octanol–water partition coefficient (Wildman–Crippen LogP) is 22.0. The van der Waals surface area contributed by atoms with Gasteiger partial charge in [-0.05, 0) is 207 Å². The molecule has 9 aromatic carbocycles. The van der Waals surface area contributed by atoms with E-state index in [1.165, 1.54) is 96.4 Å². The van der Waals surface area contributed by atoms with Crippen molar-refractivity contribution in [1.82, 2.24) is 58.7 Å². The number of rotatable bonds is 24. The molecule has 0 bridgehead atoms. The Hall–Kier alpha value is -13.5. The lowest BCUT2D eigenvalue weighted by Crippen LogP contribution is -2.31. The van der Waals surface area contributed by atoms with Crippen LogP contribution in [0.2, 0.25) is 0 Å². The lowest BCUT2D eigenvalue weighted by molar-refractivity contribution is -0.128. The van der Waals surface area contributed by atoms with E-state index in [1.807, 2.05) is 147 Å². The van der Waals surface area contributed by atoms with Crippen LogP contribution in [0.4, 0.5) is 39.5 Å². The summed E-state index contributed by atoms with van der Waals surface area (Å²) in [5, 5.41) is 23.9. The number of hydrogen-bond acceptors (Lipinski definition) is 15. The van der Waals surface area contributed by atoms with Crippen LogP contribution in [-0.2, 0) is 63.8 Å². The third-order valence-electron chi connectivity index (χ3n) is 22.9. The molecule has 16 aromatic rings. The Kier molecular flexibility index (Phi) is 28.7. The zero-order valence-electron chi connectivity index (χ0n) is 72.8. The second-order valence-electron chi connectivity index (χ2n) is 32.5. The third-order valence-corrected chi connectivity index (χ3v) is 25.9. The lowest BCUT2D eigenvalue weighted by Gasteiger charge is -2.23. The normalized spacial score (nSPS) is 15.9. The Bertz CT molecular complexity index is 6680. The van der Waals surface area contributed by atoms with E-state index in [0.29, 0.717) is 106 Å². The molecule has 4 aliphatic rings. The van der Waals surface area contributed by atoms with Gasteiger partial charge in [-0.3, -0.25) is 19.2 Å². The van der Waals surface area contributed by atoms with E-state index in [9.17, 15) is 58.7 Å². The van der Waals surface area contributed by atoms with Crippen LogP contribution < -0.4 is 0 Å². The average Bonchev–Trinajstić information content (AvgIpc) is 1.64. The van der Waals surface area contributed by atoms with Crippen molar-refractivity contribution in [1.29, 1.82) is 0 Å². The fourth-order valence-electron chi connectivity index (χ4n) is 16.0. The van der Waals surface area contributed by atoms with Gasteiger partial charge in [-0.15, -0.1) is 22.7 Å². The molecule has 688 valence electrons. The number of thiophene rings is 3. The van der Waals surface area contributed by atoms with Gasteiger partial charge in [0.2, 0.25) is 0 Å². The summed E-state index contributed by atoms with van der Waals surface area (Å²) in [7, 11) is 0. The van der Waals surface area contributed by atoms with E-state index >= 15 is 0 Å². The van der Waals surface area contributed by atoms with Crippen molar-refractivity contribution in [3.63, 3.8) is 0 Å². The lowest BCUT2D eigenvalue weighted by atomic mass is 10.1. The second-order valence-corrected chi connectivity index (χ2v) is 36.2. The fraction of sp³-hybridized carbons (Fsp3) is 0.196. The summed E-state index contributed by atoms with van der Waals surface area (Å²) in [6, 6.07) is 61.4. The van der Waals surface area contributed by atoms with Crippen LogP contribution in [0.3, 0.4) is 0 Å². The minimum absolute atomic E-state index is 0.0256. The number of aryl methyl sites for hydroxylation is 4. The van der Waals surface area contributed by atoms with Gasteiger partial charge in [-0.1, -0.05) is 124 Å². The number of aromatic nitrogens is 8. The number of benzene rings is 9. The molecular formula is C102H84BrF9N12O8S3. The van der Waals surface area contributed by atoms with Crippen LogP contribution in [0.15, 0.2) is 270 Å². The summed E-state index contributed by atoms with van der Waals surface area (Å²) < 4.78 is 155. The van der Waals surface area contributed by atoms with Gasteiger partial charge < -0.3 is 38.5 Å². The smallest absolute Gasteiger partial charge is 0.250 e. The molecule has 11 heterocycles. The molecule has 0 aliphatic carbocycles. The zero-order chi connectivity index (χ0) is 94.2. The first-order valence-electron chi connectivity index (χ1n) is 42.9. The van der Waals surface area contributed by atoms with Crippen molar-refractivity contribution in [2.24, 2.45) is 0 Å². The maximum absolute atomic E-state index is 14.4. The third kappa shape index (κ3) is 22.1. The highest BCUT2D eigenvalue weighted by molar-refractivity contribution is 9.10. The molecule has 4 saturated heterocycles. The minimum atomic E-state index is -0.759. The highest BCUT2D eigenvalue weighted by Gasteiger charge is 2.41. The molecule has 4 amide bonds. The van der Waals surface area contributed by atoms with Crippen LogP contribution in [-0.4, -0.2) is 135 Å². The molecule has 33 heteroatoms. The SMILES string of the molecule is Cc1ccc(CCN2C(=O)COC2c2cn(-c3cc(F)cc(F)c3)nc2-c2ccc(F)s2)cc1.Cc1ccc(CCN2C(=O)COC2c2cn(-c3cc(F)cc(F)c3)nc2-c2cccs2)cc1.Cc1ccc(CCN2C(=O)COC2c2cn(-c3cc(F)cc(F)c3)nc2-c2ccsc2)cc1.Cc1ccc(CCN2C(=O)COC2c2cn(-c3ccc(Br)cc3)nc2-c2ccc(F)cc2)c(F)c1. The van der Waals surface area contributed by atoms with Gasteiger partial charge in [0.25, 0.3) is 23.6 Å². The van der Waals surface area contributed by atoms with Gasteiger partial charge in [-0.2, -0.15) is 36.1 Å². The van der Waals surface area contributed by atoms with Crippen molar-refractivity contribution >= 4 is 73.6 Å². The van der Waals surface area contributed by atoms with Crippen LogP contribution in [0.25, 0.3) is 66.4 Å². The Labute approximate surface area is 790 Å². The summed E-state index contributed by atoms with van der Waals surface area (Å²) in [5.41, 5.74) is 16.0. The molecule has 4 unspecified atom stereocenters. The van der Waals surface area contributed by atoms with E-state index in [1.54, 1.807) is 67.1 Å². The van der Waals surface area contributed by atoms with Crippen LogP contribution >= 0.6 is 49.9 Å². The fourth-order valence-corrected chi connectivity index (χ4v) is 18.4. The standard InChI is InChI=1S/C27H22BrF2N3O2.C25H20F3N3O2S.2C25H21F2N3O2S/c1-17-2-3-18(24(30)14-17)12-13-32-25(34)16-35-27(32)23-15-33(22-10-6-20(28)7-11-22)31-26(23)19-4-8-21(29)9-5-19;1-15-2-4-16(5-3-15)8-9-30-23(32)14-33-25(30)20-13-31(19-11-17(26)10-18(27)12-19)29-24(20)21-6-7-22(28)34-21;1-16-2-4-17(5-3-16)6-8-29-23(31)14-32-25(29)22-13-30(21-11-19(26)10-20(27)12-21)28-24(22)18-7-9-33-15-18;1-16-4-6-17(7-5-16)8-9-29-23(31)15-32-25(29)21-14-30(20-12-18(26)11-19(27)13-20)28-24(21)22-3-2-10-33-22/h2-11,14-15,27H,12-13,16H2,1H3;2-7,10-13,25H,8-9,14H2,1H3;2-5,7,9-13,15,25H,6,8,14H2,1H3;2-7,10-14,25H,8-9,15H2,1H3. The van der Waals surface area contributed by atoms with Gasteiger partial charge in [0.15, 0.2) is 30.0 Å². The van der Waals surface area contributed by atoms with E-state index in [-0.39, 0.29) is 85.3 Å². The number of carbonyl (C=O) groups is 4. The van der Waals surface area contributed by atoms with Crippen LogP contribution in [0.1, 0.15) is 91.7 Å². The molecule has 20 nitrogen and oxygen atoms in total. The van der Waals surface area contributed by atoms with E-state index in [2.05, 4.69) is 55.5 Å². The Morgan fingerprint density at radius 3 is 1.09 bits per heavy atom. The van der Waals surface area contributed by atoms with E-state index in [4.69, 9.17) is 24.0 Å². The van der Waals surface area contributed by atoms with Crippen molar-refractivity contribution in [3.8, 4) is 66.4 Å². The second kappa shape index (κ2) is 41.5. The highest BCUT2D eigenvalue weighted by atomic mass is 79.9. The first-order chi connectivity index (χ1) is 65.2. The molecule has 135 heavy (non-hydrogen) atoms. The molecule has 0 radical (unpaired) electrons. The van der Waals surface area contributed by atoms with Gasteiger partial charge in [0.05, 0.1) is 32.5 Å². The summed E-state index contributed by atoms with van der Waals surface area (Å²) in [4.78, 5) is 58.8. The molecule has 4 atom stereocenters. The number of amides is 4. The van der Waals surface area contributed by atoms with Gasteiger partial charge in [-0.25, -0.2) is 53.9 Å². The molecule has 0 saturated carbocycles. The van der Waals surface area contributed by atoms with Crippen molar-refractivity contribution < 1.29 is 77.6 Å².